The molecule has 0 saturated carbocycles. The molecule has 0 bridgehead atoms. The number of hydrogen-bond donors (Lipinski definition) is 6. The van der Waals surface area contributed by atoms with Gasteiger partial charge in [0.15, 0.2) is 0 Å². The molecule has 264 valence electrons. The number of H-pyrrole nitrogens is 2. The number of carboxylic acids is 1. The van der Waals surface area contributed by atoms with Crippen LogP contribution >= 0.6 is 17.0 Å². The van der Waals surface area contributed by atoms with Crippen LogP contribution in [0.1, 0.15) is 51.7 Å². The van der Waals surface area contributed by atoms with Crippen molar-refractivity contribution in [1.82, 2.24) is 30.2 Å². The standard InChI is InChI=1S/C17H20BN3O3.C15H18BN3O2.C2H4O2.BrH/c1-10-4-6-21(11(2)22)9-14(10)13-7-18(23)24-15-8-20-17-12(16(13)15)3-5-19-17;1-9-2-4-17-7-12(9)11-6-16(20)21-13-8-19-15-10(14(11)13)3-5-18-15;1-2(3)4;/h3,5,7-8,10,14,23H,4,6,9H2,1-2H3,(H,19,20);3,5-6,8-9,12,17,20H,2,4,7H2,1H3,(H,18,19);1H3,(H,3,4);1H/t10-,14+;9-,12+;;/m00../s1. The lowest BCUT2D eigenvalue weighted by atomic mass is 9.72. The number of fused-ring (bicyclic) bond motifs is 6. The highest BCUT2D eigenvalue weighted by Crippen LogP contribution is 2.44. The number of pyridine rings is 2. The monoisotopic (exact) mass is 748 g/mol. The van der Waals surface area contributed by atoms with E-state index in [-0.39, 0.29) is 28.8 Å². The molecule has 4 aliphatic heterocycles. The minimum Gasteiger partial charge on any atom is -0.531 e. The molecule has 0 aliphatic carbocycles. The van der Waals surface area contributed by atoms with Crippen LogP contribution in [0.15, 0.2) is 48.9 Å². The van der Waals surface area contributed by atoms with E-state index in [9.17, 15) is 14.8 Å². The quantitative estimate of drug-likeness (QED) is 0.163. The molecule has 2 saturated heterocycles. The lowest BCUT2D eigenvalue weighted by Gasteiger charge is -2.39. The normalized spacial score (nSPS) is 22.6. The third-order valence-electron chi connectivity index (χ3n) is 9.85. The van der Waals surface area contributed by atoms with Gasteiger partial charge in [-0.1, -0.05) is 13.8 Å². The average molecular weight is 749 g/mol. The number of nitrogens with zero attached hydrogens (tertiary/aromatic N) is 3. The van der Waals surface area contributed by atoms with E-state index in [1.165, 1.54) is 5.57 Å². The Morgan fingerprint density at radius 2 is 1.36 bits per heavy atom. The van der Waals surface area contributed by atoms with Gasteiger partial charge in [-0.25, -0.2) is 9.97 Å². The van der Waals surface area contributed by atoms with E-state index in [2.05, 4.69) is 39.1 Å². The van der Waals surface area contributed by atoms with Gasteiger partial charge >= 0.3 is 14.2 Å². The second-order valence-electron chi connectivity index (χ2n) is 13.2. The number of aromatic amines is 2. The minimum atomic E-state index is -0.981. The number of rotatable bonds is 2. The molecule has 0 spiro atoms. The molecule has 4 aromatic rings. The highest BCUT2D eigenvalue weighted by Gasteiger charge is 2.37. The first-order valence-corrected chi connectivity index (χ1v) is 16.7. The maximum Gasteiger partial charge on any atom is 0.552 e. The van der Waals surface area contributed by atoms with Gasteiger partial charge in [0.05, 0.1) is 12.4 Å². The molecule has 2 fully saturated rings. The summed E-state index contributed by atoms with van der Waals surface area (Å²) in [5.74, 6) is 5.72. The molecule has 4 aromatic heterocycles. The predicted molar refractivity (Wildman–Crippen MR) is 199 cm³/mol. The van der Waals surface area contributed by atoms with Crippen molar-refractivity contribution in [2.75, 3.05) is 26.2 Å². The first-order chi connectivity index (χ1) is 23.5. The average Bonchev–Trinajstić information content (AvgIpc) is 3.74. The second-order valence-corrected chi connectivity index (χ2v) is 13.2. The topological polar surface area (TPSA) is 186 Å². The molecule has 16 heteroatoms. The Hall–Kier alpha value is -4.11. The summed E-state index contributed by atoms with van der Waals surface area (Å²) in [6, 6.07) is 4.00. The maximum absolute atomic E-state index is 11.8. The fraction of sp³-hybridized carbons (Fsp3) is 0.412. The van der Waals surface area contributed by atoms with E-state index >= 15 is 0 Å². The van der Waals surface area contributed by atoms with Crippen molar-refractivity contribution >= 4 is 76.3 Å². The van der Waals surface area contributed by atoms with Gasteiger partial charge in [-0.3, -0.25) is 9.59 Å². The molecule has 4 aliphatic rings. The molecule has 50 heavy (non-hydrogen) atoms. The number of carboxylic acid groups (broad SMARTS) is 1. The number of hydrogen-bond acceptors (Lipinski definition) is 9. The van der Waals surface area contributed by atoms with Crippen molar-refractivity contribution in [2.24, 2.45) is 23.7 Å². The lowest BCUT2D eigenvalue weighted by molar-refractivity contribution is -0.134. The number of piperidine rings is 2. The number of nitrogens with one attached hydrogen (secondary N) is 3. The summed E-state index contributed by atoms with van der Waals surface area (Å²) in [4.78, 5) is 37.7. The van der Waals surface area contributed by atoms with Crippen molar-refractivity contribution < 1.29 is 34.1 Å². The van der Waals surface area contributed by atoms with Crippen LogP contribution in [0.5, 0.6) is 11.5 Å². The van der Waals surface area contributed by atoms with Gasteiger partial charge in [-0.2, -0.15) is 0 Å². The lowest BCUT2D eigenvalue weighted by Crippen LogP contribution is -2.43. The molecule has 1 amide bonds. The van der Waals surface area contributed by atoms with Crippen molar-refractivity contribution in [3.63, 3.8) is 0 Å². The second kappa shape index (κ2) is 15.8. The number of carbonyl (C=O) groups excluding carboxylic acids is 1. The van der Waals surface area contributed by atoms with Crippen LogP contribution in [0.4, 0.5) is 0 Å². The summed E-state index contributed by atoms with van der Waals surface area (Å²) in [6.07, 6.45) is 9.20. The summed E-state index contributed by atoms with van der Waals surface area (Å²) in [5, 5.41) is 33.1. The van der Waals surface area contributed by atoms with E-state index in [1.54, 1.807) is 25.3 Å². The van der Waals surface area contributed by atoms with Crippen LogP contribution in [0.25, 0.3) is 33.2 Å². The van der Waals surface area contributed by atoms with E-state index in [0.29, 0.717) is 35.8 Å². The van der Waals surface area contributed by atoms with Crippen LogP contribution in [0.3, 0.4) is 0 Å². The van der Waals surface area contributed by atoms with Gasteiger partial charge in [-0.05, 0) is 72.4 Å². The van der Waals surface area contributed by atoms with Crippen molar-refractivity contribution in [3.05, 3.63) is 60.0 Å². The Labute approximate surface area is 301 Å². The van der Waals surface area contributed by atoms with E-state index in [0.717, 1.165) is 78.2 Å². The van der Waals surface area contributed by atoms with Crippen molar-refractivity contribution in [3.8, 4) is 11.5 Å². The number of carbonyl (C=O) groups is 2. The van der Waals surface area contributed by atoms with Crippen LogP contribution in [-0.4, -0.2) is 92.3 Å². The van der Waals surface area contributed by atoms with Crippen LogP contribution in [-0.2, 0) is 9.59 Å². The van der Waals surface area contributed by atoms with Crippen molar-refractivity contribution in [2.45, 2.75) is 40.5 Å². The summed E-state index contributed by atoms with van der Waals surface area (Å²) < 4.78 is 11.1. The van der Waals surface area contributed by atoms with Gasteiger partial charge in [0.25, 0.3) is 5.97 Å². The molecular weight excluding hydrogens is 706 g/mol. The molecule has 6 N–H and O–H groups in total. The zero-order valence-electron chi connectivity index (χ0n) is 28.6. The zero-order chi connectivity index (χ0) is 34.8. The number of aliphatic carboxylic acids is 1. The van der Waals surface area contributed by atoms with Gasteiger partial charge in [0.1, 0.15) is 22.8 Å². The van der Waals surface area contributed by atoms with E-state index in [1.807, 2.05) is 35.4 Å². The Bertz CT molecular complexity index is 1910. The number of amides is 1. The first-order valence-electron chi connectivity index (χ1n) is 16.7. The predicted octanol–water partition coefficient (Wildman–Crippen LogP) is 4.14. The first kappa shape index (κ1) is 37.2. The molecule has 0 unspecified atom stereocenters. The Kier molecular flexibility index (Phi) is 11.8. The SMILES string of the molecule is Br.CC(=O)N1CC[C@H](C)[C@H](C2=CB(O)Oc3cnc4[nH]ccc4c32)C1.CC(=O)O.C[C@H]1CCNC[C@H]1C1=CB(O)Oc2cnc3[nH]ccc3c21. The Balaban J connectivity index is 0.000000174. The van der Waals surface area contributed by atoms with Crippen LogP contribution < -0.4 is 14.6 Å². The summed E-state index contributed by atoms with van der Waals surface area (Å²) in [6.45, 7) is 10.6. The van der Waals surface area contributed by atoms with E-state index < -0.39 is 20.2 Å². The van der Waals surface area contributed by atoms with Crippen molar-refractivity contribution in [1.29, 1.82) is 0 Å². The summed E-state index contributed by atoms with van der Waals surface area (Å²) in [7, 11) is -1.87. The van der Waals surface area contributed by atoms with Crippen LogP contribution in [0.2, 0.25) is 0 Å². The number of likely N-dealkylation sites (tertiary alicyclic amines) is 1. The zero-order valence-corrected chi connectivity index (χ0v) is 30.3. The largest absolute Gasteiger partial charge is 0.552 e. The fourth-order valence-electron chi connectivity index (χ4n) is 7.34. The number of halogens is 1. The molecule has 13 nitrogen and oxygen atoms in total. The highest BCUT2D eigenvalue weighted by atomic mass is 79.9. The summed E-state index contributed by atoms with van der Waals surface area (Å²) >= 11 is 0. The smallest absolute Gasteiger partial charge is 0.531 e. The highest BCUT2D eigenvalue weighted by molar-refractivity contribution is 8.93. The maximum atomic E-state index is 11.8. The minimum absolute atomic E-state index is 0. The fourth-order valence-corrected chi connectivity index (χ4v) is 7.34. The third-order valence-corrected chi connectivity index (χ3v) is 9.85. The Morgan fingerprint density at radius 3 is 1.86 bits per heavy atom. The third kappa shape index (κ3) is 7.78. The van der Waals surface area contributed by atoms with Gasteiger partial charge in [0, 0.05) is 73.7 Å². The van der Waals surface area contributed by atoms with E-state index in [4.69, 9.17) is 19.2 Å². The molecule has 4 atom stereocenters. The molecule has 8 rings (SSSR count). The molecule has 8 heterocycles. The van der Waals surface area contributed by atoms with Crippen LogP contribution in [0, 0.1) is 23.7 Å². The van der Waals surface area contributed by atoms with Gasteiger partial charge in [0.2, 0.25) is 5.91 Å². The molecule has 0 radical (unpaired) electrons. The molecular formula is C34H43B2BrN6O7. The van der Waals surface area contributed by atoms with Gasteiger partial charge < -0.3 is 44.6 Å². The van der Waals surface area contributed by atoms with Gasteiger partial charge in [-0.15, -0.1) is 17.0 Å². The Morgan fingerprint density at radius 1 is 0.860 bits per heavy atom. The summed E-state index contributed by atoms with van der Waals surface area (Å²) in [5.41, 5.74) is 5.94. The number of aromatic nitrogens is 4. The molecule has 0 aromatic carbocycles.